The molecular weight excluding hydrogens is 263 g/mol. The zero-order valence-corrected chi connectivity index (χ0v) is 8.86. The molecule has 26 valence electrons. The summed E-state index contributed by atoms with van der Waals surface area (Å²) in [5.41, 5.74) is 0. The largest absolute Gasteiger partial charge is 0.147 e. The van der Waals surface area contributed by atoms with Gasteiger partial charge in [-0.15, -0.1) is 48.8 Å². The number of halogens is 3. The van der Waals surface area contributed by atoms with Gasteiger partial charge in [0.25, 0.3) is 0 Å². The van der Waals surface area contributed by atoms with Gasteiger partial charge < -0.3 is 0 Å². The van der Waals surface area contributed by atoms with Gasteiger partial charge in [0.2, 0.25) is 0 Å². The van der Waals surface area contributed by atoms with E-state index in [4.69, 9.17) is 0 Å². The third-order valence-corrected chi connectivity index (χ3v) is 0. The standard InChI is InChI=1S/2ClH.HI.Zn/h3*1H;. The maximum Gasteiger partial charge on any atom is 0 e. The second-order valence-corrected chi connectivity index (χ2v) is 0. The smallest absolute Gasteiger partial charge is 0 e. The van der Waals surface area contributed by atoms with E-state index in [1.807, 2.05) is 0 Å². The predicted octanol–water partition coefficient (Wildman–Crippen LogP) is 1.46. The van der Waals surface area contributed by atoms with Crippen molar-refractivity contribution in [3.05, 3.63) is 0 Å². The molecule has 0 aliphatic carbocycles. The molecule has 0 heterocycles. The summed E-state index contributed by atoms with van der Waals surface area (Å²) in [6.45, 7) is 0. The molecule has 4 heavy (non-hydrogen) atoms. The molecule has 0 aliphatic heterocycles. The van der Waals surface area contributed by atoms with Gasteiger partial charge in [0.05, 0.1) is 0 Å². The van der Waals surface area contributed by atoms with Crippen molar-refractivity contribution in [3.8, 4) is 0 Å². The molecule has 0 saturated heterocycles. The molecule has 0 nitrogen and oxygen atoms in total. The van der Waals surface area contributed by atoms with Crippen molar-refractivity contribution in [1.29, 1.82) is 0 Å². The second kappa shape index (κ2) is 20.4. The van der Waals surface area contributed by atoms with E-state index in [1.54, 1.807) is 0 Å². The Balaban J connectivity index is 0. The van der Waals surface area contributed by atoms with E-state index < -0.39 is 0 Å². The maximum atomic E-state index is 0. The fourth-order valence-electron chi connectivity index (χ4n) is 0. The fraction of sp³-hybridized carbons (Fsp3) is 0. The number of hydrogen-bond acceptors (Lipinski definition) is 0. The Hall–Kier alpha value is 1.93. The average molecular weight is 266 g/mol. The van der Waals surface area contributed by atoms with Crippen LogP contribution < -0.4 is 0 Å². The van der Waals surface area contributed by atoms with Gasteiger partial charge in [-0.1, -0.05) is 0 Å². The summed E-state index contributed by atoms with van der Waals surface area (Å²) in [4.78, 5) is 0. The van der Waals surface area contributed by atoms with Crippen LogP contribution in [-0.2, 0) is 19.5 Å². The van der Waals surface area contributed by atoms with E-state index in [1.165, 1.54) is 0 Å². The maximum absolute atomic E-state index is 0. The van der Waals surface area contributed by atoms with Gasteiger partial charge in [-0.2, -0.15) is 0 Å². The zero-order chi connectivity index (χ0) is 0. The minimum absolute atomic E-state index is 0. The van der Waals surface area contributed by atoms with Crippen LogP contribution >= 0.6 is 48.8 Å². The van der Waals surface area contributed by atoms with Crippen molar-refractivity contribution in [2.24, 2.45) is 0 Å². The molecular formula is H3Cl2IZn. The third-order valence-electron chi connectivity index (χ3n) is 0. The van der Waals surface area contributed by atoms with Crippen LogP contribution in [0.1, 0.15) is 0 Å². The van der Waals surface area contributed by atoms with Crippen LogP contribution in [0.2, 0.25) is 0 Å². The van der Waals surface area contributed by atoms with E-state index in [0.29, 0.717) is 0 Å². The summed E-state index contributed by atoms with van der Waals surface area (Å²) in [5, 5.41) is 0. The van der Waals surface area contributed by atoms with Crippen LogP contribution in [0.3, 0.4) is 0 Å². The van der Waals surface area contributed by atoms with E-state index >= 15 is 0 Å². The molecule has 0 aromatic rings. The third kappa shape index (κ3) is 9.05. The van der Waals surface area contributed by atoms with Crippen LogP contribution in [-0.4, -0.2) is 0 Å². The molecule has 0 fully saturated rings. The molecule has 0 saturated carbocycles. The van der Waals surface area contributed by atoms with Gasteiger partial charge in [0.1, 0.15) is 0 Å². The average Bonchev–Trinajstić information content (AvgIpc) is 0. The Morgan fingerprint density at radius 1 is 0.750 bits per heavy atom. The monoisotopic (exact) mass is 264 g/mol. The Morgan fingerprint density at radius 3 is 0.750 bits per heavy atom. The first kappa shape index (κ1) is 38.6. The predicted molar refractivity (Wildman–Crippen MR) is 29.9 cm³/mol. The molecule has 0 unspecified atom stereocenters. The van der Waals surface area contributed by atoms with Gasteiger partial charge in [0.15, 0.2) is 0 Å². The Kier molecular flexibility index (Phi) is 197. The first-order valence-electron chi connectivity index (χ1n) is 0. The van der Waals surface area contributed by atoms with Crippen molar-refractivity contribution in [2.75, 3.05) is 0 Å². The van der Waals surface area contributed by atoms with Crippen LogP contribution in [0.5, 0.6) is 0 Å². The van der Waals surface area contributed by atoms with E-state index in [-0.39, 0.29) is 68.3 Å². The molecule has 0 N–H and O–H groups in total. The molecule has 0 spiro atoms. The van der Waals surface area contributed by atoms with E-state index in [2.05, 4.69) is 0 Å². The summed E-state index contributed by atoms with van der Waals surface area (Å²) in [6.07, 6.45) is 0. The van der Waals surface area contributed by atoms with Crippen molar-refractivity contribution in [3.63, 3.8) is 0 Å². The molecule has 4 heteroatoms. The zero-order valence-electron chi connectivity index (χ0n) is 1.93. The summed E-state index contributed by atoms with van der Waals surface area (Å²) >= 11 is 0. The number of hydrogen-bond donors (Lipinski definition) is 0. The molecule has 0 rings (SSSR count). The second-order valence-electron chi connectivity index (χ2n) is 0. The minimum Gasteiger partial charge on any atom is -0.147 e. The normalized spacial score (nSPS) is 0. The number of rotatable bonds is 0. The fourth-order valence-corrected chi connectivity index (χ4v) is 0. The van der Waals surface area contributed by atoms with E-state index in [9.17, 15) is 0 Å². The Labute approximate surface area is 67.7 Å². The van der Waals surface area contributed by atoms with Crippen molar-refractivity contribution < 1.29 is 19.5 Å². The quantitative estimate of drug-likeness (QED) is 0.460. The van der Waals surface area contributed by atoms with Gasteiger partial charge in [-0.3, -0.25) is 0 Å². The van der Waals surface area contributed by atoms with Crippen LogP contribution in [0.25, 0.3) is 0 Å². The molecule has 0 aromatic carbocycles. The molecule has 0 amide bonds. The summed E-state index contributed by atoms with van der Waals surface area (Å²) < 4.78 is 0. The van der Waals surface area contributed by atoms with Crippen LogP contribution in [0.4, 0.5) is 0 Å². The van der Waals surface area contributed by atoms with Gasteiger partial charge in [-0.05, 0) is 0 Å². The molecule has 0 aliphatic rings. The van der Waals surface area contributed by atoms with Crippen LogP contribution in [0.15, 0.2) is 0 Å². The Bertz CT molecular complexity index is 6.00. The van der Waals surface area contributed by atoms with Crippen molar-refractivity contribution >= 4 is 48.8 Å². The summed E-state index contributed by atoms with van der Waals surface area (Å²) in [5.74, 6) is 0. The van der Waals surface area contributed by atoms with Crippen LogP contribution in [0, 0.1) is 0 Å². The molecule has 0 bridgehead atoms. The van der Waals surface area contributed by atoms with Gasteiger partial charge in [-0.25, -0.2) is 0 Å². The minimum atomic E-state index is 0. The first-order valence-corrected chi connectivity index (χ1v) is 0. The Morgan fingerprint density at radius 2 is 0.750 bits per heavy atom. The van der Waals surface area contributed by atoms with Gasteiger partial charge in [0, 0.05) is 19.5 Å². The van der Waals surface area contributed by atoms with Crippen molar-refractivity contribution in [2.45, 2.75) is 0 Å². The summed E-state index contributed by atoms with van der Waals surface area (Å²) in [6, 6.07) is 0. The SMILES string of the molecule is Cl.Cl.I.[Zn]. The molecule has 0 atom stereocenters. The molecule has 0 aromatic heterocycles. The van der Waals surface area contributed by atoms with E-state index in [0.717, 1.165) is 0 Å². The summed E-state index contributed by atoms with van der Waals surface area (Å²) in [7, 11) is 0. The first-order chi connectivity index (χ1) is 0. The molecule has 0 radical (unpaired) electrons. The van der Waals surface area contributed by atoms with Gasteiger partial charge >= 0.3 is 0 Å². The van der Waals surface area contributed by atoms with Crippen molar-refractivity contribution in [1.82, 2.24) is 0 Å². The topological polar surface area (TPSA) is 0 Å².